The summed E-state index contributed by atoms with van der Waals surface area (Å²) in [7, 11) is 0. The second-order valence-corrected chi connectivity index (χ2v) is 5.66. The van der Waals surface area contributed by atoms with Gasteiger partial charge in [0.05, 0.1) is 6.61 Å². The molecule has 0 radical (unpaired) electrons. The Morgan fingerprint density at radius 2 is 1.80 bits per heavy atom. The van der Waals surface area contributed by atoms with Crippen LogP contribution in [0, 0.1) is 5.41 Å². The summed E-state index contributed by atoms with van der Waals surface area (Å²) in [4.78, 5) is 11.9. The van der Waals surface area contributed by atoms with Gasteiger partial charge in [0.15, 0.2) is 0 Å². The van der Waals surface area contributed by atoms with Crippen LogP contribution in [0.4, 0.5) is 22.4 Å². The van der Waals surface area contributed by atoms with Crippen molar-refractivity contribution in [1.29, 1.82) is 0 Å². The third kappa shape index (κ3) is 4.22. The number of alkyl halides is 4. The molecule has 1 aliphatic rings. The van der Waals surface area contributed by atoms with Crippen LogP contribution in [0.15, 0.2) is 0 Å². The lowest BCUT2D eigenvalue weighted by molar-refractivity contribution is -0.327. The van der Waals surface area contributed by atoms with E-state index in [-0.39, 0.29) is 32.4 Å². The first kappa shape index (κ1) is 17.0. The van der Waals surface area contributed by atoms with Gasteiger partial charge in [-0.15, -0.1) is 13.2 Å². The van der Waals surface area contributed by atoms with Crippen LogP contribution in [0.5, 0.6) is 0 Å². The van der Waals surface area contributed by atoms with Gasteiger partial charge in [-0.1, -0.05) is 13.8 Å². The van der Waals surface area contributed by atoms with Crippen molar-refractivity contribution in [1.82, 2.24) is 4.90 Å². The molecule has 1 aliphatic heterocycles. The SMILES string of the molecule is CC(C)(CCOC(F)(F)F)C1(F)CCN(C(=O)O)CC1. The van der Waals surface area contributed by atoms with Crippen molar-refractivity contribution in [3.63, 3.8) is 0 Å². The second-order valence-electron chi connectivity index (χ2n) is 5.66. The number of hydrogen-bond acceptors (Lipinski definition) is 2. The average Bonchev–Trinajstić information content (AvgIpc) is 2.27. The van der Waals surface area contributed by atoms with Crippen molar-refractivity contribution in [2.24, 2.45) is 5.41 Å². The summed E-state index contributed by atoms with van der Waals surface area (Å²) in [6.07, 6.45) is -5.94. The molecule has 20 heavy (non-hydrogen) atoms. The largest absolute Gasteiger partial charge is 0.522 e. The van der Waals surface area contributed by atoms with Gasteiger partial charge in [0, 0.05) is 18.5 Å². The standard InChI is InChI=1S/C12H19F4NO3/c1-10(2,5-8-20-12(14,15)16)11(13)3-6-17(7-4-11)9(18)19/h3-8H2,1-2H3,(H,18,19). The second kappa shape index (κ2) is 5.75. The Morgan fingerprint density at radius 3 is 2.20 bits per heavy atom. The summed E-state index contributed by atoms with van der Waals surface area (Å²) in [5.41, 5.74) is -2.70. The van der Waals surface area contributed by atoms with E-state index in [2.05, 4.69) is 4.74 Å². The lowest BCUT2D eigenvalue weighted by Gasteiger charge is -2.45. The minimum atomic E-state index is -4.72. The maximum absolute atomic E-state index is 14.9. The van der Waals surface area contributed by atoms with Crippen LogP contribution in [-0.2, 0) is 4.74 Å². The van der Waals surface area contributed by atoms with Crippen molar-refractivity contribution < 1.29 is 32.2 Å². The fraction of sp³-hybridized carbons (Fsp3) is 0.917. The third-order valence-electron chi connectivity index (χ3n) is 4.03. The summed E-state index contributed by atoms with van der Waals surface area (Å²) in [5, 5.41) is 8.80. The molecular formula is C12H19F4NO3. The van der Waals surface area contributed by atoms with E-state index in [9.17, 15) is 22.4 Å². The number of halogens is 4. The molecule has 0 bridgehead atoms. The number of carbonyl (C=O) groups is 1. The van der Waals surface area contributed by atoms with E-state index in [1.54, 1.807) is 13.8 Å². The van der Waals surface area contributed by atoms with E-state index >= 15 is 0 Å². The van der Waals surface area contributed by atoms with Crippen molar-refractivity contribution >= 4 is 6.09 Å². The first-order chi connectivity index (χ1) is 8.97. The molecule has 1 heterocycles. The molecule has 0 saturated carbocycles. The number of hydrogen-bond donors (Lipinski definition) is 1. The molecule has 0 atom stereocenters. The number of amides is 1. The van der Waals surface area contributed by atoms with Gasteiger partial charge in [-0.25, -0.2) is 9.18 Å². The number of likely N-dealkylation sites (tertiary alicyclic amines) is 1. The quantitative estimate of drug-likeness (QED) is 0.809. The third-order valence-corrected chi connectivity index (χ3v) is 4.03. The van der Waals surface area contributed by atoms with Crippen LogP contribution in [-0.4, -0.2) is 47.8 Å². The maximum atomic E-state index is 14.9. The van der Waals surface area contributed by atoms with Gasteiger partial charge in [-0.2, -0.15) is 0 Å². The molecule has 0 unspecified atom stereocenters. The minimum Gasteiger partial charge on any atom is -0.465 e. The number of rotatable bonds is 4. The van der Waals surface area contributed by atoms with Gasteiger partial charge in [-0.3, -0.25) is 4.74 Å². The summed E-state index contributed by atoms with van der Waals surface area (Å²) in [6, 6.07) is 0. The van der Waals surface area contributed by atoms with Crippen molar-refractivity contribution in [3.05, 3.63) is 0 Å². The highest BCUT2D eigenvalue weighted by Gasteiger charge is 2.48. The molecule has 8 heteroatoms. The highest BCUT2D eigenvalue weighted by atomic mass is 19.4. The van der Waals surface area contributed by atoms with Crippen molar-refractivity contribution in [2.75, 3.05) is 19.7 Å². The zero-order chi connectivity index (χ0) is 15.6. The lowest BCUT2D eigenvalue weighted by Crippen LogP contribution is -2.51. The molecule has 1 amide bonds. The topological polar surface area (TPSA) is 49.8 Å². The predicted octanol–water partition coefficient (Wildman–Crippen LogP) is 3.42. The van der Waals surface area contributed by atoms with Gasteiger partial charge in [0.25, 0.3) is 0 Å². The molecule has 0 spiro atoms. The first-order valence-corrected chi connectivity index (χ1v) is 6.34. The summed E-state index contributed by atoms with van der Waals surface area (Å²) >= 11 is 0. The fourth-order valence-electron chi connectivity index (χ4n) is 2.38. The van der Waals surface area contributed by atoms with Crippen LogP contribution >= 0.6 is 0 Å². The Hall–Kier alpha value is -1.05. The van der Waals surface area contributed by atoms with Crippen LogP contribution in [0.2, 0.25) is 0 Å². The fourth-order valence-corrected chi connectivity index (χ4v) is 2.38. The van der Waals surface area contributed by atoms with Gasteiger partial charge in [0.1, 0.15) is 5.67 Å². The van der Waals surface area contributed by atoms with Gasteiger partial charge in [-0.05, 0) is 19.3 Å². The Bertz CT molecular complexity index is 349. The van der Waals surface area contributed by atoms with Crippen molar-refractivity contribution in [2.45, 2.75) is 45.1 Å². The van der Waals surface area contributed by atoms with Crippen molar-refractivity contribution in [3.8, 4) is 0 Å². The number of ether oxygens (including phenoxy) is 1. The molecule has 0 aromatic heterocycles. The van der Waals surface area contributed by atoms with Gasteiger partial charge < -0.3 is 10.0 Å². The Labute approximate surface area is 114 Å². The minimum absolute atomic E-state index is 0.0156. The zero-order valence-electron chi connectivity index (χ0n) is 11.5. The Balaban J connectivity index is 2.56. The molecule has 118 valence electrons. The molecule has 1 saturated heterocycles. The van der Waals surface area contributed by atoms with E-state index in [0.717, 1.165) is 4.90 Å². The maximum Gasteiger partial charge on any atom is 0.522 e. The summed E-state index contributed by atoms with van der Waals surface area (Å²) in [6.45, 7) is 2.59. The monoisotopic (exact) mass is 301 g/mol. The molecule has 1 fully saturated rings. The number of nitrogens with zero attached hydrogens (tertiary/aromatic N) is 1. The molecule has 0 aliphatic carbocycles. The predicted molar refractivity (Wildman–Crippen MR) is 63.1 cm³/mol. The molecular weight excluding hydrogens is 282 g/mol. The highest BCUT2D eigenvalue weighted by Crippen LogP contribution is 2.45. The van der Waals surface area contributed by atoms with E-state index in [1.807, 2.05) is 0 Å². The molecule has 0 aromatic carbocycles. The van der Waals surface area contributed by atoms with Gasteiger partial charge >= 0.3 is 12.5 Å². The number of carboxylic acid groups (broad SMARTS) is 1. The average molecular weight is 301 g/mol. The highest BCUT2D eigenvalue weighted by molar-refractivity contribution is 5.65. The van der Waals surface area contributed by atoms with Crippen LogP contribution in [0.25, 0.3) is 0 Å². The van der Waals surface area contributed by atoms with Crippen LogP contribution in [0.3, 0.4) is 0 Å². The van der Waals surface area contributed by atoms with Gasteiger partial charge in [0.2, 0.25) is 0 Å². The van der Waals surface area contributed by atoms with Crippen LogP contribution < -0.4 is 0 Å². The molecule has 0 aromatic rings. The number of piperidine rings is 1. The molecule has 1 rings (SSSR count). The molecule has 1 N–H and O–H groups in total. The van der Waals surface area contributed by atoms with E-state index in [0.29, 0.717) is 0 Å². The lowest BCUT2D eigenvalue weighted by atomic mass is 9.69. The smallest absolute Gasteiger partial charge is 0.465 e. The Morgan fingerprint density at radius 1 is 1.30 bits per heavy atom. The summed E-state index contributed by atoms with van der Waals surface area (Å²) < 4.78 is 54.3. The van der Waals surface area contributed by atoms with Crippen LogP contribution in [0.1, 0.15) is 33.1 Å². The normalized spacial score (nSPS) is 20.0. The Kier molecular flexibility index (Phi) is 4.89. The summed E-state index contributed by atoms with van der Waals surface area (Å²) in [5.74, 6) is 0. The zero-order valence-corrected chi connectivity index (χ0v) is 11.5. The first-order valence-electron chi connectivity index (χ1n) is 6.34. The van der Waals surface area contributed by atoms with E-state index in [4.69, 9.17) is 5.11 Å². The molecule has 4 nitrogen and oxygen atoms in total. The van der Waals surface area contributed by atoms with E-state index in [1.165, 1.54) is 0 Å². The van der Waals surface area contributed by atoms with E-state index < -0.39 is 30.1 Å².